The summed E-state index contributed by atoms with van der Waals surface area (Å²) in [6.07, 6.45) is 2.94. The summed E-state index contributed by atoms with van der Waals surface area (Å²) in [5.74, 6) is 0.897. The van der Waals surface area contributed by atoms with Crippen molar-refractivity contribution in [3.8, 4) is 0 Å². The zero-order chi connectivity index (χ0) is 16.7. The lowest BCUT2D eigenvalue weighted by Gasteiger charge is -2.34. The van der Waals surface area contributed by atoms with E-state index < -0.39 is 0 Å². The second-order valence-corrected chi connectivity index (χ2v) is 5.71. The van der Waals surface area contributed by atoms with Crippen molar-refractivity contribution >= 4 is 17.6 Å². The van der Waals surface area contributed by atoms with E-state index in [4.69, 9.17) is 4.42 Å². The third-order valence-corrected chi connectivity index (χ3v) is 4.08. The highest BCUT2D eigenvalue weighted by Gasteiger charge is 2.24. The number of hydrogen-bond donors (Lipinski definition) is 1. The molecule has 9 nitrogen and oxygen atoms in total. The number of aromatic amines is 1. The number of amides is 1. The van der Waals surface area contributed by atoms with Crippen molar-refractivity contribution in [3.05, 3.63) is 46.3 Å². The molecule has 3 aromatic rings. The highest BCUT2D eigenvalue weighted by molar-refractivity contribution is 5.94. The molecular formula is C15H16N6O3. The number of H-pyrrole nitrogens is 1. The van der Waals surface area contributed by atoms with Crippen molar-refractivity contribution in [3.63, 3.8) is 0 Å². The maximum atomic E-state index is 12.3. The van der Waals surface area contributed by atoms with Gasteiger partial charge in [-0.15, -0.1) is 0 Å². The van der Waals surface area contributed by atoms with E-state index in [0.717, 1.165) is 0 Å². The van der Waals surface area contributed by atoms with E-state index in [1.165, 1.54) is 23.1 Å². The minimum Gasteiger partial charge on any atom is -0.472 e. The Bertz CT molecular complexity index is 934. The molecule has 0 bridgehead atoms. The quantitative estimate of drug-likeness (QED) is 0.725. The molecule has 3 aromatic heterocycles. The van der Waals surface area contributed by atoms with Gasteiger partial charge < -0.3 is 14.2 Å². The molecule has 1 saturated heterocycles. The molecule has 0 aliphatic carbocycles. The van der Waals surface area contributed by atoms with Crippen molar-refractivity contribution in [2.24, 2.45) is 0 Å². The summed E-state index contributed by atoms with van der Waals surface area (Å²) in [4.78, 5) is 36.6. The van der Waals surface area contributed by atoms with Crippen molar-refractivity contribution in [2.75, 3.05) is 31.1 Å². The topological polar surface area (TPSA) is 99.7 Å². The van der Waals surface area contributed by atoms with Gasteiger partial charge >= 0.3 is 0 Å². The maximum absolute atomic E-state index is 12.3. The monoisotopic (exact) mass is 328 g/mol. The molecule has 124 valence electrons. The van der Waals surface area contributed by atoms with Crippen LogP contribution in [0.3, 0.4) is 0 Å². The summed E-state index contributed by atoms with van der Waals surface area (Å²) in [6, 6.07) is 3.12. The first-order chi connectivity index (χ1) is 11.6. The SMILES string of the molecule is Cc1cc(=O)n2[nH]c(N3CCN(C(=O)c4ccoc4)CC3)nc2n1. The molecule has 0 unspecified atom stereocenters. The minimum atomic E-state index is -0.190. The van der Waals surface area contributed by atoms with Gasteiger partial charge in [0, 0.05) is 37.9 Å². The highest BCUT2D eigenvalue weighted by Crippen LogP contribution is 2.14. The Morgan fingerprint density at radius 1 is 1.25 bits per heavy atom. The van der Waals surface area contributed by atoms with E-state index in [-0.39, 0.29) is 11.5 Å². The van der Waals surface area contributed by atoms with Gasteiger partial charge in [0.05, 0.1) is 11.8 Å². The number of furan rings is 1. The molecule has 0 aromatic carbocycles. The number of hydrogen-bond acceptors (Lipinski definition) is 6. The van der Waals surface area contributed by atoms with Gasteiger partial charge in [0.2, 0.25) is 5.95 Å². The van der Waals surface area contributed by atoms with E-state index in [9.17, 15) is 9.59 Å². The fourth-order valence-corrected chi connectivity index (χ4v) is 2.81. The van der Waals surface area contributed by atoms with Crippen molar-refractivity contribution in [2.45, 2.75) is 6.92 Å². The number of rotatable bonds is 2. The molecule has 4 heterocycles. The van der Waals surface area contributed by atoms with Crippen molar-refractivity contribution < 1.29 is 9.21 Å². The summed E-state index contributed by atoms with van der Waals surface area (Å²) in [7, 11) is 0. The Morgan fingerprint density at radius 3 is 2.75 bits per heavy atom. The Kier molecular flexibility index (Phi) is 3.33. The van der Waals surface area contributed by atoms with Crippen molar-refractivity contribution in [1.82, 2.24) is 24.5 Å². The molecule has 1 N–H and O–H groups in total. The number of carbonyl (C=O) groups is 1. The van der Waals surface area contributed by atoms with Crippen LogP contribution < -0.4 is 10.5 Å². The normalized spacial score (nSPS) is 15.2. The number of nitrogens with zero attached hydrogens (tertiary/aromatic N) is 5. The molecule has 4 rings (SSSR count). The summed E-state index contributed by atoms with van der Waals surface area (Å²) < 4.78 is 6.28. The first kappa shape index (κ1) is 14.5. The molecule has 24 heavy (non-hydrogen) atoms. The molecule has 1 aliphatic rings. The molecule has 9 heteroatoms. The van der Waals surface area contributed by atoms with Crippen LogP contribution >= 0.6 is 0 Å². The Labute approximate surface area is 136 Å². The summed E-state index contributed by atoms with van der Waals surface area (Å²) in [6.45, 7) is 4.15. The molecule has 0 radical (unpaired) electrons. The minimum absolute atomic E-state index is 0.0403. The number of aromatic nitrogens is 4. The van der Waals surface area contributed by atoms with Gasteiger partial charge in [-0.05, 0) is 13.0 Å². The zero-order valence-electron chi connectivity index (χ0n) is 13.1. The predicted molar refractivity (Wildman–Crippen MR) is 85.2 cm³/mol. The Balaban J connectivity index is 1.51. The van der Waals surface area contributed by atoms with Crippen molar-refractivity contribution in [1.29, 1.82) is 0 Å². The van der Waals surface area contributed by atoms with Crippen LogP contribution in [0.5, 0.6) is 0 Å². The van der Waals surface area contributed by atoms with Crippen LogP contribution in [-0.2, 0) is 0 Å². The molecule has 0 atom stereocenters. The molecule has 0 saturated carbocycles. The largest absolute Gasteiger partial charge is 0.472 e. The molecular weight excluding hydrogens is 312 g/mol. The average Bonchev–Trinajstić information content (AvgIpc) is 3.24. The maximum Gasteiger partial charge on any atom is 0.274 e. The number of nitrogens with one attached hydrogen (secondary N) is 1. The number of anilines is 1. The van der Waals surface area contributed by atoms with Gasteiger partial charge in [0.1, 0.15) is 6.26 Å². The van der Waals surface area contributed by atoms with Gasteiger partial charge in [-0.25, -0.2) is 4.98 Å². The highest BCUT2D eigenvalue weighted by atomic mass is 16.3. The number of piperazine rings is 1. The van der Waals surface area contributed by atoms with E-state index in [2.05, 4.69) is 15.1 Å². The summed E-state index contributed by atoms with van der Waals surface area (Å²) in [5.41, 5.74) is 0.997. The van der Waals surface area contributed by atoms with Gasteiger partial charge in [0.15, 0.2) is 0 Å². The molecule has 0 spiro atoms. The lowest BCUT2D eigenvalue weighted by atomic mass is 10.2. The molecule has 1 amide bonds. The first-order valence-electron chi connectivity index (χ1n) is 7.65. The van der Waals surface area contributed by atoms with E-state index in [1.807, 2.05) is 4.90 Å². The van der Waals surface area contributed by atoms with Crippen LogP contribution in [0.2, 0.25) is 0 Å². The van der Waals surface area contributed by atoms with Crippen LogP contribution in [0, 0.1) is 6.92 Å². The van der Waals surface area contributed by atoms with Crippen LogP contribution in [0.1, 0.15) is 16.1 Å². The van der Waals surface area contributed by atoms with E-state index in [1.54, 1.807) is 17.9 Å². The zero-order valence-corrected chi connectivity index (χ0v) is 13.1. The lowest BCUT2D eigenvalue weighted by Crippen LogP contribution is -2.49. The number of carbonyl (C=O) groups excluding carboxylic acids is 1. The number of fused-ring (bicyclic) bond motifs is 1. The Morgan fingerprint density at radius 2 is 2.04 bits per heavy atom. The standard InChI is InChI=1S/C15H16N6O3/c1-10-8-12(22)21-14(16-10)17-15(18-21)20-5-3-19(4-6-20)13(23)11-2-7-24-9-11/h2,7-9H,3-6H2,1H3,(H,16,17,18). The number of aryl methyl sites for hydroxylation is 1. The van der Waals surface area contributed by atoms with Crippen LogP contribution in [-0.4, -0.2) is 56.6 Å². The van der Waals surface area contributed by atoms with Gasteiger partial charge in [-0.3, -0.25) is 14.7 Å². The first-order valence-corrected chi connectivity index (χ1v) is 7.65. The van der Waals surface area contributed by atoms with E-state index >= 15 is 0 Å². The van der Waals surface area contributed by atoms with Gasteiger partial charge in [-0.2, -0.15) is 9.50 Å². The van der Waals surface area contributed by atoms with Crippen LogP contribution in [0.4, 0.5) is 5.95 Å². The predicted octanol–water partition coefficient (Wildman–Crippen LogP) is 0.281. The average molecular weight is 328 g/mol. The fourth-order valence-electron chi connectivity index (χ4n) is 2.81. The van der Waals surface area contributed by atoms with Crippen LogP contribution in [0.15, 0.2) is 33.9 Å². The lowest BCUT2D eigenvalue weighted by molar-refractivity contribution is 0.0745. The third-order valence-electron chi connectivity index (χ3n) is 4.08. The van der Waals surface area contributed by atoms with Gasteiger partial charge in [-0.1, -0.05) is 0 Å². The molecule has 1 aliphatic heterocycles. The summed E-state index contributed by atoms with van der Waals surface area (Å²) >= 11 is 0. The van der Waals surface area contributed by atoms with E-state index in [0.29, 0.717) is 49.2 Å². The fraction of sp³-hybridized carbons (Fsp3) is 0.333. The van der Waals surface area contributed by atoms with Crippen LogP contribution in [0.25, 0.3) is 5.78 Å². The second-order valence-electron chi connectivity index (χ2n) is 5.71. The smallest absolute Gasteiger partial charge is 0.274 e. The third kappa shape index (κ3) is 2.43. The molecule has 1 fully saturated rings. The Hall–Kier alpha value is -3.10. The second kappa shape index (κ2) is 5.52. The summed E-state index contributed by atoms with van der Waals surface area (Å²) in [5, 5.41) is 2.97. The van der Waals surface area contributed by atoms with Gasteiger partial charge in [0.25, 0.3) is 17.2 Å².